The average molecular weight is 235 g/mol. The minimum absolute atomic E-state index is 0.203. The quantitative estimate of drug-likeness (QED) is 0.546. The van der Waals surface area contributed by atoms with Crippen molar-refractivity contribution in [2.45, 2.75) is 0 Å². The van der Waals surface area contributed by atoms with Gasteiger partial charge < -0.3 is 9.64 Å². The van der Waals surface area contributed by atoms with Crippen molar-refractivity contribution < 1.29 is 22.3 Å². The van der Waals surface area contributed by atoms with Gasteiger partial charge in [-0.3, -0.25) is 0 Å². The highest BCUT2D eigenvalue weighted by molar-refractivity contribution is 5.50. The molecule has 0 aliphatic carbocycles. The summed E-state index contributed by atoms with van der Waals surface area (Å²) in [5, 5.41) is 0. The maximum Gasteiger partial charge on any atom is 0.185 e. The molecule has 1 aliphatic heterocycles. The van der Waals surface area contributed by atoms with Gasteiger partial charge in [-0.25, -0.2) is 17.6 Å². The molecule has 2 nitrogen and oxygen atoms in total. The van der Waals surface area contributed by atoms with Gasteiger partial charge in [-0.05, 0) is 0 Å². The van der Waals surface area contributed by atoms with E-state index in [0.717, 1.165) is 0 Å². The van der Waals surface area contributed by atoms with Gasteiger partial charge in [0.2, 0.25) is 0 Å². The van der Waals surface area contributed by atoms with Gasteiger partial charge in [0.05, 0.1) is 13.2 Å². The normalized spacial score (nSPS) is 16.6. The van der Waals surface area contributed by atoms with E-state index < -0.39 is 29.0 Å². The third-order valence-corrected chi connectivity index (χ3v) is 2.42. The third-order valence-electron chi connectivity index (χ3n) is 2.42. The van der Waals surface area contributed by atoms with Crippen LogP contribution in [-0.2, 0) is 4.74 Å². The lowest BCUT2D eigenvalue weighted by atomic mass is 10.2. The van der Waals surface area contributed by atoms with Crippen LogP contribution in [0.4, 0.5) is 23.2 Å². The van der Waals surface area contributed by atoms with Crippen LogP contribution in [0.25, 0.3) is 0 Å². The van der Waals surface area contributed by atoms with Crippen LogP contribution in [0.1, 0.15) is 0 Å². The lowest BCUT2D eigenvalue weighted by molar-refractivity contribution is 0.122. The van der Waals surface area contributed by atoms with E-state index in [9.17, 15) is 17.6 Å². The van der Waals surface area contributed by atoms with Gasteiger partial charge >= 0.3 is 0 Å². The van der Waals surface area contributed by atoms with E-state index in [0.29, 0.717) is 0 Å². The van der Waals surface area contributed by atoms with Crippen molar-refractivity contribution in [3.63, 3.8) is 0 Å². The van der Waals surface area contributed by atoms with Crippen molar-refractivity contribution in [2.24, 2.45) is 0 Å². The van der Waals surface area contributed by atoms with E-state index in [1.807, 2.05) is 0 Å². The van der Waals surface area contributed by atoms with Crippen molar-refractivity contribution in [2.75, 3.05) is 31.2 Å². The van der Waals surface area contributed by atoms with Crippen molar-refractivity contribution in [3.8, 4) is 0 Å². The molecular weight excluding hydrogens is 226 g/mol. The number of halogens is 4. The molecule has 88 valence electrons. The molecule has 16 heavy (non-hydrogen) atoms. The summed E-state index contributed by atoms with van der Waals surface area (Å²) in [4.78, 5) is 1.24. The van der Waals surface area contributed by atoms with Gasteiger partial charge in [0.1, 0.15) is 5.69 Å². The Balaban J connectivity index is 2.45. The highest BCUT2D eigenvalue weighted by Crippen LogP contribution is 2.28. The summed E-state index contributed by atoms with van der Waals surface area (Å²) >= 11 is 0. The second-order valence-electron chi connectivity index (χ2n) is 3.42. The van der Waals surface area contributed by atoms with Crippen molar-refractivity contribution in [3.05, 3.63) is 29.3 Å². The maximum absolute atomic E-state index is 13.4. The van der Waals surface area contributed by atoms with E-state index in [2.05, 4.69) is 0 Å². The summed E-state index contributed by atoms with van der Waals surface area (Å²) in [6, 6.07) is 0.203. The van der Waals surface area contributed by atoms with Gasteiger partial charge in [-0.1, -0.05) is 0 Å². The van der Waals surface area contributed by atoms with Crippen LogP contribution in [0.15, 0.2) is 6.07 Å². The number of rotatable bonds is 1. The van der Waals surface area contributed by atoms with E-state index >= 15 is 0 Å². The average Bonchev–Trinajstić information content (AvgIpc) is 2.28. The topological polar surface area (TPSA) is 12.5 Å². The third kappa shape index (κ3) is 1.84. The predicted octanol–water partition coefficient (Wildman–Crippen LogP) is 2.08. The van der Waals surface area contributed by atoms with Gasteiger partial charge in [-0.15, -0.1) is 0 Å². The maximum atomic E-state index is 13.4. The van der Waals surface area contributed by atoms with Gasteiger partial charge in [0.15, 0.2) is 23.3 Å². The molecule has 1 heterocycles. The molecule has 1 saturated heterocycles. The first-order valence-electron chi connectivity index (χ1n) is 4.77. The molecule has 2 rings (SSSR count). The molecule has 0 radical (unpaired) electrons. The Hall–Kier alpha value is -1.30. The van der Waals surface area contributed by atoms with Crippen molar-refractivity contribution >= 4 is 5.69 Å². The molecule has 6 heteroatoms. The van der Waals surface area contributed by atoms with Crippen LogP contribution in [-0.4, -0.2) is 26.3 Å². The Morgan fingerprint density at radius 1 is 0.938 bits per heavy atom. The largest absolute Gasteiger partial charge is 0.378 e. The van der Waals surface area contributed by atoms with E-state index in [-0.39, 0.29) is 32.4 Å². The lowest BCUT2D eigenvalue weighted by Gasteiger charge is -2.29. The van der Waals surface area contributed by atoms with Crippen molar-refractivity contribution in [1.82, 2.24) is 0 Å². The van der Waals surface area contributed by atoms with E-state index in [1.54, 1.807) is 0 Å². The van der Waals surface area contributed by atoms with Crippen LogP contribution in [0.2, 0.25) is 0 Å². The number of ether oxygens (including phenoxy) is 1. The molecule has 0 atom stereocenters. The van der Waals surface area contributed by atoms with Crippen LogP contribution < -0.4 is 4.90 Å². The number of anilines is 1. The first-order chi connectivity index (χ1) is 7.61. The molecule has 0 aromatic heterocycles. The summed E-state index contributed by atoms with van der Waals surface area (Å²) in [6.45, 7) is 0.960. The standard InChI is InChI=1S/C10H9F4NO/c11-6-5-7(12)9(14)10(8(6)13)15-1-3-16-4-2-15/h5H,1-4H2. The zero-order valence-electron chi connectivity index (χ0n) is 8.27. The summed E-state index contributed by atoms with van der Waals surface area (Å²) in [5.74, 6) is -5.50. The summed E-state index contributed by atoms with van der Waals surface area (Å²) in [7, 11) is 0. The van der Waals surface area contributed by atoms with Crippen molar-refractivity contribution in [1.29, 1.82) is 0 Å². The minimum atomic E-state index is -1.39. The minimum Gasteiger partial charge on any atom is -0.378 e. The Labute approximate surface area is 89.4 Å². The second kappa shape index (κ2) is 4.29. The van der Waals surface area contributed by atoms with Gasteiger partial charge in [0, 0.05) is 19.2 Å². The SMILES string of the molecule is Fc1cc(F)c(F)c(N2CCOCC2)c1F. The Kier molecular flexibility index (Phi) is 3.00. The Bertz CT molecular complexity index is 378. The highest BCUT2D eigenvalue weighted by atomic mass is 19.2. The summed E-state index contributed by atoms with van der Waals surface area (Å²) in [5.41, 5.74) is -0.652. The highest BCUT2D eigenvalue weighted by Gasteiger charge is 2.25. The second-order valence-corrected chi connectivity index (χ2v) is 3.42. The summed E-state index contributed by atoms with van der Waals surface area (Å²) < 4.78 is 57.6. The first kappa shape index (κ1) is 11.2. The van der Waals surface area contributed by atoms with Crippen LogP contribution in [0, 0.1) is 23.3 Å². The molecular formula is C10H9F4NO. The van der Waals surface area contributed by atoms with E-state index in [4.69, 9.17) is 4.74 Å². The van der Waals surface area contributed by atoms with E-state index in [1.165, 1.54) is 4.90 Å². The van der Waals surface area contributed by atoms with Crippen LogP contribution in [0.3, 0.4) is 0 Å². The molecule has 0 spiro atoms. The number of benzene rings is 1. The monoisotopic (exact) mass is 235 g/mol. The molecule has 0 unspecified atom stereocenters. The Morgan fingerprint density at radius 3 is 1.94 bits per heavy atom. The number of hydrogen-bond donors (Lipinski definition) is 0. The molecule has 1 aliphatic rings. The smallest absolute Gasteiger partial charge is 0.185 e. The molecule has 0 bridgehead atoms. The molecule has 1 fully saturated rings. The van der Waals surface area contributed by atoms with Gasteiger partial charge in [-0.2, -0.15) is 0 Å². The fourth-order valence-corrected chi connectivity index (χ4v) is 1.63. The molecule has 1 aromatic rings. The molecule has 0 N–H and O–H groups in total. The molecule has 1 aromatic carbocycles. The van der Waals surface area contributed by atoms with Gasteiger partial charge in [0.25, 0.3) is 0 Å². The number of nitrogens with zero attached hydrogens (tertiary/aromatic N) is 1. The number of morpholine rings is 1. The lowest BCUT2D eigenvalue weighted by Crippen LogP contribution is -2.37. The van der Waals surface area contributed by atoms with Crippen LogP contribution >= 0.6 is 0 Å². The number of hydrogen-bond acceptors (Lipinski definition) is 2. The van der Waals surface area contributed by atoms with Crippen LogP contribution in [0.5, 0.6) is 0 Å². The molecule has 0 amide bonds. The zero-order valence-corrected chi connectivity index (χ0v) is 8.27. The first-order valence-corrected chi connectivity index (χ1v) is 4.77. The summed E-state index contributed by atoms with van der Waals surface area (Å²) in [6.07, 6.45) is 0. The molecule has 0 saturated carbocycles. The Morgan fingerprint density at radius 2 is 1.44 bits per heavy atom. The fraction of sp³-hybridized carbons (Fsp3) is 0.400. The zero-order chi connectivity index (χ0) is 11.7. The predicted molar refractivity (Wildman–Crippen MR) is 49.3 cm³/mol. The fourth-order valence-electron chi connectivity index (χ4n) is 1.63.